The second-order valence-electron chi connectivity index (χ2n) is 14.6. The van der Waals surface area contributed by atoms with Crippen molar-refractivity contribution in [3.8, 4) is 0 Å². The van der Waals surface area contributed by atoms with E-state index in [0.29, 0.717) is 25.7 Å². The standard InChI is InChI=1S/C43H74NO11P/c1-3-5-7-8-9-10-11-12-13-14-15-16-17-18-24-28-43(49)55-37(35-54-56(50,51)53-32-31-44)34-52-42(48)27-23-20-19-22-26-38-39(41(47)33-40(38)46)30-29-36(45)25-21-6-4-2/h9-10,12-13,15-16,29-30,36-39,41,45,47H,3-8,11,14,17-28,31-35,44H2,1-2H3,(H,50,51)/b10-9-,13-12-,16-15-,30-29+/t36-,37+,38+,39+,41+/m0/s1. The SMILES string of the molecule is CCCCC/C=C\C/C=C\C/C=C\CCCCC(=O)O[C@H](COC(=O)CCCCCC[C@H]1C(=O)C[C@@H](O)[C@@H]1/C=C/[C@@H](O)CCCCC)COP(=O)(O)OCCN. The lowest BCUT2D eigenvalue weighted by molar-refractivity contribution is -0.161. The third-order valence-electron chi connectivity index (χ3n) is 9.58. The van der Waals surface area contributed by atoms with E-state index in [1.165, 1.54) is 19.3 Å². The van der Waals surface area contributed by atoms with Crippen LogP contribution in [0, 0.1) is 11.8 Å². The molecule has 1 saturated carbocycles. The largest absolute Gasteiger partial charge is 0.472 e. The topological polar surface area (TPSA) is 192 Å². The number of aliphatic hydroxyl groups excluding tert-OH is 2. The van der Waals surface area contributed by atoms with Gasteiger partial charge in [0.1, 0.15) is 12.4 Å². The van der Waals surface area contributed by atoms with E-state index in [1.54, 1.807) is 6.08 Å². The summed E-state index contributed by atoms with van der Waals surface area (Å²) in [6.07, 6.45) is 30.5. The molecular weight excluding hydrogens is 737 g/mol. The lowest BCUT2D eigenvalue weighted by Crippen LogP contribution is -2.29. The van der Waals surface area contributed by atoms with Gasteiger partial charge in [0.25, 0.3) is 0 Å². The summed E-state index contributed by atoms with van der Waals surface area (Å²) in [5.74, 6) is -1.57. The molecule has 0 bridgehead atoms. The third-order valence-corrected chi connectivity index (χ3v) is 10.6. The average Bonchev–Trinajstić information content (AvgIpc) is 3.44. The molecule has 0 aliphatic heterocycles. The van der Waals surface area contributed by atoms with Crippen LogP contribution in [0.4, 0.5) is 0 Å². The lowest BCUT2D eigenvalue weighted by Gasteiger charge is -2.20. The number of carbonyl (C=O) groups is 3. The van der Waals surface area contributed by atoms with Crippen LogP contribution < -0.4 is 5.73 Å². The van der Waals surface area contributed by atoms with Crippen LogP contribution in [0.25, 0.3) is 0 Å². The Morgan fingerprint density at radius 1 is 0.821 bits per heavy atom. The molecule has 0 amide bonds. The summed E-state index contributed by atoms with van der Waals surface area (Å²) in [6, 6.07) is 0. The van der Waals surface area contributed by atoms with E-state index in [0.717, 1.165) is 70.6 Å². The van der Waals surface area contributed by atoms with Crippen LogP contribution in [0.2, 0.25) is 0 Å². The number of phosphoric acid groups is 1. The second kappa shape index (κ2) is 33.5. The van der Waals surface area contributed by atoms with Crippen LogP contribution in [-0.4, -0.2) is 77.5 Å². The molecule has 0 aromatic rings. The summed E-state index contributed by atoms with van der Waals surface area (Å²) in [7, 11) is -4.45. The molecule has 0 aromatic heterocycles. The first kappa shape index (κ1) is 51.6. The fourth-order valence-electron chi connectivity index (χ4n) is 6.36. The normalized spacial score (nSPS) is 19.8. The Morgan fingerprint density at radius 2 is 1.43 bits per heavy atom. The zero-order valence-corrected chi connectivity index (χ0v) is 35.2. The number of phosphoric ester groups is 1. The van der Waals surface area contributed by atoms with Crippen molar-refractivity contribution in [2.24, 2.45) is 17.6 Å². The summed E-state index contributed by atoms with van der Waals surface area (Å²) in [5.41, 5.74) is 5.33. The molecule has 1 aliphatic carbocycles. The van der Waals surface area contributed by atoms with E-state index in [2.05, 4.69) is 50.3 Å². The number of carbonyl (C=O) groups excluding carboxylic acids is 3. The number of hydrogen-bond donors (Lipinski definition) is 4. The van der Waals surface area contributed by atoms with Gasteiger partial charge in [0, 0.05) is 37.6 Å². The molecule has 5 N–H and O–H groups in total. The Labute approximate surface area is 337 Å². The van der Waals surface area contributed by atoms with Crippen molar-refractivity contribution >= 4 is 25.5 Å². The second-order valence-corrected chi connectivity index (χ2v) is 16.1. The van der Waals surface area contributed by atoms with Gasteiger partial charge in [-0.3, -0.25) is 23.4 Å². The average molecular weight is 812 g/mol. The van der Waals surface area contributed by atoms with E-state index in [9.17, 15) is 34.1 Å². The molecule has 322 valence electrons. The summed E-state index contributed by atoms with van der Waals surface area (Å²) in [5, 5.41) is 20.7. The van der Waals surface area contributed by atoms with Gasteiger partial charge < -0.3 is 30.3 Å². The molecule has 1 aliphatic rings. The number of aliphatic hydroxyl groups is 2. The van der Waals surface area contributed by atoms with Gasteiger partial charge in [-0.2, -0.15) is 0 Å². The first-order valence-electron chi connectivity index (χ1n) is 21.2. The molecule has 0 spiro atoms. The maximum Gasteiger partial charge on any atom is 0.472 e. The van der Waals surface area contributed by atoms with Crippen LogP contribution in [-0.2, 0) is 37.5 Å². The molecule has 1 fully saturated rings. The number of esters is 2. The summed E-state index contributed by atoms with van der Waals surface area (Å²) >= 11 is 0. The Balaban J connectivity index is 2.42. The van der Waals surface area contributed by atoms with Gasteiger partial charge in [-0.05, 0) is 64.2 Å². The first-order chi connectivity index (χ1) is 27.0. The number of unbranched alkanes of at least 4 members (excludes halogenated alkanes) is 10. The van der Waals surface area contributed by atoms with Gasteiger partial charge in [0.05, 0.1) is 25.4 Å². The Morgan fingerprint density at radius 3 is 2.11 bits per heavy atom. The van der Waals surface area contributed by atoms with E-state index < -0.39 is 44.7 Å². The molecule has 0 saturated heterocycles. The fraction of sp³-hybridized carbons (Fsp3) is 0.744. The maximum absolute atomic E-state index is 12.6. The van der Waals surface area contributed by atoms with Crippen molar-refractivity contribution in [3.05, 3.63) is 48.6 Å². The quantitative estimate of drug-likeness (QED) is 0.0207. The number of allylic oxidation sites excluding steroid dienone is 6. The number of hydrogen-bond acceptors (Lipinski definition) is 11. The Bertz CT molecular complexity index is 1220. The molecular formula is C43H74NO11P. The van der Waals surface area contributed by atoms with Crippen molar-refractivity contribution in [1.29, 1.82) is 0 Å². The monoisotopic (exact) mass is 811 g/mol. The van der Waals surface area contributed by atoms with Crippen LogP contribution in [0.15, 0.2) is 48.6 Å². The zero-order chi connectivity index (χ0) is 41.3. The number of nitrogens with two attached hydrogens (primary N) is 1. The molecule has 0 heterocycles. The molecule has 13 heteroatoms. The van der Waals surface area contributed by atoms with Gasteiger partial charge in [-0.1, -0.05) is 114 Å². The molecule has 1 rings (SSSR count). The van der Waals surface area contributed by atoms with Crippen LogP contribution in [0.1, 0.15) is 149 Å². The van der Waals surface area contributed by atoms with Gasteiger partial charge >= 0.3 is 19.8 Å². The third kappa shape index (κ3) is 27.2. The Hall–Kier alpha value is -2.44. The molecule has 1 unspecified atom stereocenters. The predicted molar refractivity (Wildman–Crippen MR) is 220 cm³/mol. The Kier molecular flexibility index (Phi) is 30.9. The maximum atomic E-state index is 12.6. The summed E-state index contributed by atoms with van der Waals surface area (Å²) < 4.78 is 32.7. The molecule has 12 nitrogen and oxygen atoms in total. The highest BCUT2D eigenvalue weighted by Gasteiger charge is 2.39. The number of ketones is 1. The van der Waals surface area contributed by atoms with Crippen LogP contribution in [0.5, 0.6) is 0 Å². The lowest BCUT2D eigenvalue weighted by atomic mass is 9.88. The number of ether oxygens (including phenoxy) is 2. The van der Waals surface area contributed by atoms with Crippen LogP contribution >= 0.6 is 7.82 Å². The van der Waals surface area contributed by atoms with Gasteiger partial charge in [0.15, 0.2) is 6.10 Å². The first-order valence-corrected chi connectivity index (χ1v) is 22.7. The van der Waals surface area contributed by atoms with Crippen molar-refractivity contribution in [2.75, 3.05) is 26.4 Å². The number of Topliss-reactive ketones (excluding diaryl/α,β-unsaturated/α-hetero) is 1. The highest BCUT2D eigenvalue weighted by Crippen LogP contribution is 2.43. The minimum atomic E-state index is -4.45. The molecule has 56 heavy (non-hydrogen) atoms. The highest BCUT2D eigenvalue weighted by molar-refractivity contribution is 7.47. The van der Waals surface area contributed by atoms with Gasteiger partial charge in [-0.15, -0.1) is 0 Å². The minimum absolute atomic E-state index is 0.0106. The molecule has 0 aromatic carbocycles. The van der Waals surface area contributed by atoms with Crippen molar-refractivity contribution in [1.82, 2.24) is 0 Å². The van der Waals surface area contributed by atoms with E-state index in [1.807, 2.05) is 6.08 Å². The smallest absolute Gasteiger partial charge is 0.462 e. The fourth-order valence-corrected chi connectivity index (χ4v) is 7.12. The van der Waals surface area contributed by atoms with Crippen molar-refractivity contribution in [3.63, 3.8) is 0 Å². The van der Waals surface area contributed by atoms with Crippen molar-refractivity contribution in [2.45, 2.75) is 167 Å². The molecule has 6 atom stereocenters. The van der Waals surface area contributed by atoms with Gasteiger partial charge in [-0.25, -0.2) is 4.57 Å². The van der Waals surface area contributed by atoms with E-state index >= 15 is 0 Å². The predicted octanol–water partition coefficient (Wildman–Crippen LogP) is 8.53. The number of rotatable bonds is 35. The van der Waals surface area contributed by atoms with Crippen LogP contribution in [0.3, 0.4) is 0 Å². The summed E-state index contributed by atoms with van der Waals surface area (Å²) in [6.45, 7) is 3.27. The zero-order valence-electron chi connectivity index (χ0n) is 34.3. The van der Waals surface area contributed by atoms with Crippen molar-refractivity contribution < 1.29 is 52.6 Å². The molecule has 0 radical (unpaired) electrons. The van der Waals surface area contributed by atoms with E-state index in [4.69, 9.17) is 24.3 Å². The highest BCUT2D eigenvalue weighted by atomic mass is 31.2. The van der Waals surface area contributed by atoms with Gasteiger partial charge in [0.2, 0.25) is 0 Å². The summed E-state index contributed by atoms with van der Waals surface area (Å²) in [4.78, 5) is 47.6. The minimum Gasteiger partial charge on any atom is -0.462 e. The van der Waals surface area contributed by atoms with E-state index in [-0.39, 0.29) is 56.6 Å².